The van der Waals surface area contributed by atoms with Crippen molar-refractivity contribution in [3.63, 3.8) is 0 Å². The van der Waals surface area contributed by atoms with Gasteiger partial charge < -0.3 is 5.11 Å². The van der Waals surface area contributed by atoms with Crippen molar-refractivity contribution in [2.75, 3.05) is 0 Å². The van der Waals surface area contributed by atoms with E-state index < -0.39 is 5.41 Å². The number of fused-ring (bicyclic) bond motifs is 4. The Labute approximate surface area is 392 Å². The number of pyridine rings is 1. The molecule has 0 radical (unpaired) electrons. The van der Waals surface area contributed by atoms with Crippen LogP contribution in [0.2, 0.25) is 0 Å². The molecule has 5 aromatic carbocycles. The predicted molar refractivity (Wildman–Crippen MR) is 260 cm³/mol. The number of hydrogen-bond donors (Lipinski definition) is 1. The summed E-state index contributed by atoms with van der Waals surface area (Å²) in [5.41, 5.74) is 10.8. The maximum atomic E-state index is 12.5. The summed E-state index contributed by atoms with van der Waals surface area (Å²) in [7, 11) is 0. The number of phenolic OH excluding ortho intramolecular Hbond substituents is 1. The zero-order valence-electron chi connectivity index (χ0n) is 39.0. The normalized spacial score (nSPS) is 12.6. The largest absolute Gasteiger partial charge is 0.507 e. The number of nitrogens with zero attached hydrogens (tertiary/aromatic N) is 6. The summed E-state index contributed by atoms with van der Waals surface area (Å²) in [6, 6.07) is 44.0. The molecule has 0 spiro atoms. The van der Waals surface area contributed by atoms with Gasteiger partial charge in [-0.3, -0.25) is 14.1 Å². The van der Waals surface area contributed by atoms with Crippen LogP contribution in [0.1, 0.15) is 106 Å². The van der Waals surface area contributed by atoms with Gasteiger partial charge in [0.15, 0.2) is 0 Å². The fourth-order valence-electron chi connectivity index (χ4n) is 8.54. The summed E-state index contributed by atoms with van der Waals surface area (Å²) in [6.45, 7) is 26.3. The molecule has 0 aliphatic heterocycles. The summed E-state index contributed by atoms with van der Waals surface area (Å²) in [6.07, 6.45) is 1.83. The van der Waals surface area contributed by atoms with Crippen molar-refractivity contribution in [3.8, 4) is 51.0 Å². The second-order valence-electron chi connectivity index (χ2n) is 21.0. The van der Waals surface area contributed by atoms with Crippen LogP contribution in [0.4, 0.5) is 0 Å². The summed E-state index contributed by atoms with van der Waals surface area (Å²) in [4.78, 5) is 21.0. The molecule has 0 saturated heterocycles. The monoisotopic (exact) mass is 1020 g/mol. The van der Waals surface area contributed by atoms with Crippen molar-refractivity contribution >= 4 is 33.0 Å². The summed E-state index contributed by atoms with van der Waals surface area (Å²) in [5.74, 6) is 2.16. The fourth-order valence-corrected chi connectivity index (χ4v) is 8.54. The number of phenols is 1. The van der Waals surface area contributed by atoms with Crippen LogP contribution in [0.25, 0.3) is 78.2 Å². The first-order valence-electron chi connectivity index (χ1n) is 22.0. The summed E-state index contributed by atoms with van der Waals surface area (Å²) >= 11 is 0. The van der Waals surface area contributed by atoms with Crippen LogP contribution in [-0.2, 0) is 42.7 Å². The maximum absolute atomic E-state index is 12.5. The molecule has 8 heteroatoms. The first kappa shape index (κ1) is 44.7. The number of imidazole rings is 1. The molecule has 0 amide bonds. The van der Waals surface area contributed by atoms with Gasteiger partial charge in [-0.1, -0.05) is 156 Å². The van der Waals surface area contributed by atoms with Crippen molar-refractivity contribution in [2.24, 2.45) is 0 Å². The molecule has 0 aliphatic rings. The zero-order chi connectivity index (χ0) is 44.8. The van der Waals surface area contributed by atoms with E-state index in [4.69, 9.17) is 19.9 Å². The van der Waals surface area contributed by atoms with Gasteiger partial charge in [0.2, 0.25) is 0 Å². The Morgan fingerprint density at radius 2 is 1.19 bits per heavy atom. The smallest absolute Gasteiger partial charge is 0.147 e. The van der Waals surface area contributed by atoms with Crippen LogP contribution in [-0.4, -0.2) is 34.2 Å². The van der Waals surface area contributed by atoms with Crippen LogP contribution < -0.4 is 0 Å². The van der Waals surface area contributed by atoms with Crippen molar-refractivity contribution in [1.29, 1.82) is 0 Å². The van der Waals surface area contributed by atoms with Gasteiger partial charge >= 0.3 is 0 Å². The number of rotatable bonds is 5. The maximum Gasteiger partial charge on any atom is 0.147 e. The van der Waals surface area contributed by atoms with E-state index in [0.29, 0.717) is 28.7 Å². The third-order valence-corrected chi connectivity index (χ3v) is 12.1. The molecule has 9 rings (SSSR count). The van der Waals surface area contributed by atoms with Gasteiger partial charge in [-0.05, 0) is 75.4 Å². The third-order valence-electron chi connectivity index (χ3n) is 12.1. The Morgan fingerprint density at radius 3 is 1.88 bits per heavy atom. The molecule has 0 saturated carbocycles. The summed E-state index contributed by atoms with van der Waals surface area (Å²) in [5, 5.41) is 14.7. The average Bonchev–Trinajstić information content (AvgIpc) is 3.78. The van der Waals surface area contributed by atoms with Crippen LogP contribution >= 0.6 is 0 Å². The van der Waals surface area contributed by atoms with Crippen molar-refractivity contribution < 1.29 is 26.2 Å². The van der Waals surface area contributed by atoms with Crippen LogP contribution in [0, 0.1) is 6.07 Å². The second kappa shape index (κ2) is 16.0. The van der Waals surface area contributed by atoms with Gasteiger partial charge in [0.1, 0.15) is 23.0 Å². The fraction of sp³-hybridized carbons (Fsp3) is 0.286. The Hall–Kier alpha value is -5.91. The number of hydrogen-bond acceptors (Lipinski definition) is 5. The third kappa shape index (κ3) is 7.87. The summed E-state index contributed by atoms with van der Waals surface area (Å²) < 4.78 is 4.34. The van der Waals surface area contributed by atoms with E-state index in [1.807, 2.05) is 18.3 Å². The van der Waals surface area contributed by atoms with E-state index in [1.165, 1.54) is 5.56 Å². The molecule has 64 heavy (non-hydrogen) atoms. The second-order valence-corrected chi connectivity index (χ2v) is 21.0. The van der Waals surface area contributed by atoms with Gasteiger partial charge in [-0.2, -0.15) is 6.07 Å². The van der Waals surface area contributed by atoms with Crippen LogP contribution in [0.5, 0.6) is 5.75 Å². The van der Waals surface area contributed by atoms with E-state index in [2.05, 4.69) is 201 Å². The predicted octanol–water partition coefficient (Wildman–Crippen LogP) is 14.0. The van der Waals surface area contributed by atoms with Gasteiger partial charge in [-0.25, -0.2) is 15.0 Å². The molecule has 0 atom stereocenters. The minimum Gasteiger partial charge on any atom is -0.507 e. The van der Waals surface area contributed by atoms with Gasteiger partial charge in [-0.15, -0.1) is 11.6 Å². The molecule has 4 heterocycles. The Balaban J connectivity index is 0.00000560. The first-order chi connectivity index (χ1) is 29.7. The first-order valence-corrected chi connectivity index (χ1v) is 22.0. The minimum absolute atomic E-state index is 0. The molecular weight excluding hydrogens is 968 g/mol. The number of aromatic hydroxyl groups is 1. The van der Waals surface area contributed by atoms with E-state index in [1.54, 1.807) is 0 Å². The van der Waals surface area contributed by atoms with Crippen LogP contribution in [0.3, 0.4) is 0 Å². The topological polar surface area (TPSA) is 81.6 Å². The molecule has 0 unspecified atom stereocenters. The molecule has 328 valence electrons. The van der Waals surface area contributed by atoms with Gasteiger partial charge in [0.05, 0.1) is 28.1 Å². The Bertz CT molecular complexity index is 3170. The standard InChI is InChI=1S/C56H57N6O.Pt/c1-53(2,3)35-27-28-45(40(30-35)34-20-14-13-15-21-34)61-46-26-18-23-39(48(46)60-51(61)41-31-36(54(4,5)6)32-42(49(41)63)55(7,8)9)43-33-47(59-52(58-43)56(10,11)12)62-44-25-17-16-22-37(44)38-24-19-29-57-50(38)62;/h13-32,63H,1-12H3;/q-1;. The number of aromatic nitrogens is 6. The minimum atomic E-state index is -0.398. The molecule has 0 fully saturated rings. The van der Waals surface area contributed by atoms with Gasteiger partial charge in [0.25, 0.3) is 0 Å². The molecule has 1 N–H and O–H groups in total. The average molecular weight is 1030 g/mol. The Morgan fingerprint density at radius 1 is 0.531 bits per heavy atom. The van der Waals surface area contributed by atoms with Crippen molar-refractivity contribution in [1.82, 2.24) is 29.1 Å². The van der Waals surface area contributed by atoms with E-state index in [0.717, 1.165) is 66.5 Å². The molecule has 4 aromatic heterocycles. The van der Waals surface area contributed by atoms with Crippen LogP contribution in [0.15, 0.2) is 121 Å². The number of para-hydroxylation sites is 2. The van der Waals surface area contributed by atoms with Crippen molar-refractivity contribution in [3.05, 3.63) is 150 Å². The SMILES string of the molecule is CC(C)(C)c1ccc(-n2c(-c3cc(C(C)(C)C)cc(C(C)(C)C)c3O)nc3c(-c4[c-]c(-n5c6ccccc6c6cccnc65)nc(C(C)(C)C)n4)cccc32)c(-c2ccccc2)c1.[Pt]. The number of benzene rings is 5. The van der Waals surface area contributed by atoms with E-state index in [-0.39, 0.29) is 43.1 Å². The molecule has 7 nitrogen and oxygen atoms in total. The molecule has 0 bridgehead atoms. The molecule has 9 aromatic rings. The molecular formula is C56H57N6OPt-. The van der Waals surface area contributed by atoms with E-state index >= 15 is 0 Å². The zero-order valence-corrected chi connectivity index (χ0v) is 41.3. The van der Waals surface area contributed by atoms with E-state index in [9.17, 15) is 5.11 Å². The molecule has 0 aliphatic carbocycles. The van der Waals surface area contributed by atoms with Gasteiger partial charge in [0, 0.05) is 60.1 Å². The Kier molecular flexibility index (Phi) is 11.1. The quantitative estimate of drug-likeness (QED) is 0.174. The van der Waals surface area contributed by atoms with Crippen molar-refractivity contribution in [2.45, 2.75) is 105 Å².